The highest BCUT2D eigenvalue weighted by molar-refractivity contribution is 5.96. The Hall–Kier alpha value is -2.60. The lowest BCUT2D eigenvalue weighted by Gasteiger charge is -2.41. The molecule has 0 saturated carbocycles. The van der Waals surface area contributed by atoms with Crippen molar-refractivity contribution in [2.75, 3.05) is 42.5 Å². The third kappa shape index (κ3) is 5.07. The van der Waals surface area contributed by atoms with Crippen LogP contribution in [0.1, 0.15) is 39.2 Å². The minimum Gasteiger partial charge on any atom is -0.364 e. The molecule has 2 aliphatic rings. The highest BCUT2D eigenvalue weighted by atomic mass is 19.1. The van der Waals surface area contributed by atoms with Crippen LogP contribution in [0.4, 0.5) is 20.6 Å². The van der Waals surface area contributed by atoms with Crippen molar-refractivity contribution in [3.05, 3.63) is 59.9 Å². The molecule has 0 radical (unpaired) electrons. The van der Waals surface area contributed by atoms with Crippen LogP contribution in [0.5, 0.6) is 0 Å². The molecule has 32 heavy (non-hydrogen) atoms. The number of fused-ring (bicyclic) bond motifs is 1. The van der Waals surface area contributed by atoms with Crippen LogP contribution in [-0.4, -0.2) is 49.2 Å². The fourth-order valence-corrected chi connectivity index (χ4v) is 4.76. The predicted octanol–water partition coefficient (Wildman–Crippen LogP) is 4.87. The van der Waals surface area contributed by atoms with Crippen LogP contribution in [0.25, 0.3) is 0 Å². The van der Waals surface area contributed by atoms with E-state index in [9.17, 15) is 9.18 Å². The summed E-state index contributed by atoms with van der Waals surface area (Å²) in [6, 6.07) is 14.8. The normalized spacial score (nSPS) is 17.9. The largest absolute Gasteiger partial charge is 0.364 e. The molecule has 2 aromatic rings. The van der Waals surface area contributed by atoms with Gasteiger partial charge in [-0.25, -0.2) is 9.18 Å². The van der Waals surface area contributed by atoms with Crippen LogP contribution in [0.3, 0.4) is 0 Å². The summed E-state index contributed by atoms with van der Waals surface area (Å²) >= 11 is 0. The number of nitrogens with zero attached hydrogens (tertiary/aromatic N) is 3. The van der Waals surface area contributed by atoms with Gasteiger partial charge in [-0.2, -0.15) is 0 Å². The zero-order valence-corrected chi connectivity index (χ0v) is 19.5. The minimum atomic E-state index is -0.192. The summed E-state index contributed by atoms with van der Waals surface area (Å²) in [5.74, 6) is 0.331. The molecule has 1 N–H and O–H groups in total. The molecule has 0 atom stereocenters. The van der Waals surface area contributed by atoms with Gasteiger partial charge in [-0.3, -0.25) is 9.80 Å². The molecule has 0 aliphatic carbocycles. The van der Waals surface area contributed by atoms with Gasteiger partial charge < -0.3 is 10.2 Å². The second-order valence-corrected chi connectivity index (χ2v) is 9.94. The number of hydrogen-bond donors (Lipinski definition) is 1. The summed E-state index contributed by atoms with van der Waals surface area (Å²) in [4.78, 5) is 19.6. The molecular weight excluding hydrogens is 403 g/mol. The number of benzene rings is 2. The van der Waals surface area contributed by atoms with Crippen molar-refractivity contribution in [3.8, 4) is 0 Å². The number of hydrogen-bond acceptors (Lipinski definition) is 3. The molecule has 1 fully saturated rings. The first-order valence-corrected chi connectivity index (χ1v) is 11.7. The molecule has 6 heteroatoms. The Morgan fingerprint density at radius 1 is 0.969 bits per heavy atom. The van der Waals surface area contributed by atoms with E-state index in [0.29, 0.717) is 37.7 Å². The first-order valence-electron chi connectivity index (χ1n) is 11.7. The van der Waals surface area contributed by atoms with Crippen molar-refractivity contribution in [1.82, 2.24) is 10.2 Å². The van der Waals surface area contributed by atoms with Gasteiger partial charge in [0.15, 0.2) is 0 Å². The summed E-state index contributed by atoms with van der Waals surface area (Å²) < 4.78 is 14.2. The van der Waals surface area contributed by atoms with E-state index in [2.05, 4.69) is 35.9 Å². The molecule has 2 amide bonds. The van der Waals surface area contributed by atoms with Gasteiger partial charge in [0.25, 0.3) is 0 Å². The van der Waals surface area contributed by atoms with Gasteiger partial charge in [-0.1, -0.05) is 30.3 Å². The van der Waals surface area contributed by atoms with E-state index in [-0.39, 0.29) is 17.4 Å². The average Bonchev–Trinajstić information content (AvgIpc) is 2.79. The van der Waals surface area contributed by atoms with E-state index in [4.69, 9.17) is 0 Å². The van der Waals surface area contributed by atoms with Gasteiger partial charge in [0.05, 0.1) is 11.4 Å². The Morgan fingerprint density at radius 2 is 1.62 bits per heavy atom. The lowest BCUT2D eigenvalue weighted by molar-refractivity contribution is 0.0878. The smallest absolute Gasteiger partial charge is 0.322 e. The van der Waals surface area contributed by atoms with Crippen LogP contribution in [0, 0.1) is 11.7 Å². The number of amides is 2. The topological polar surface area (TPSA) is 38.8 Å². The van der Waals surface area contributed by atoms with Crippen LogP contribution < -0.4 is 15.1 Å². The van der Waals surface area contributed by atoms with Crippen LogP contribution in [0.2, 0.25) is 0 Å². The number of likely N-dealkylation sites (tertiary alicyclic amines) is 1. The van der Waals surface area contributed by atoms with Gasteiger partial charge in [-0.15, -0.1) is 0 Å². The molecule has 1 saturated heterocycles. The maximum atomic E-state index is 14.2. The number of carbonyl (C=O) groups excluding carboxylic acids is 1. The fourth-order valence-electron chi connectivity index (χ4n) is 4.76. The van der Waals surface area contributed by atoms with Crippen LogP contribution in [-0.2, 0) is 6.54 Å². The molecule has 0 spiro atoms. The molecule has 172 valence electrons. The van der Waals surface area contributed by atoms with Crippen LogP contribution >= 0.6 is 0 Å². The quantitative estimate of drug-likeness (QED) is 0.740. The van der Waals surface area contributed by atoms with Crippen LogP contribution in [0.15, 0.2) is 48.5 Å². The SMILES string of the molecule is CC(C)(C)N1CCC(CNC(=O)N2CCN(Cc3ccccc3F)c3ccccc32)CC1. The standard InChI is InChI=1S/C26H35FN4O/c1-26(2,3)30-14-12-20(13-15-30)18-28-25(32)31-17-16-29(23-10-6-7-11-24(23)31)19-21-8-4-5-9-22(21)27/h4-11,20H,12-19H2,1-3H3,(H,28,32). The van der Waals surface area contributed by atoms with Crippen molar-refractivity contribution >= 4 is 17.4 Å². The Bertz CT molecular complexity index is 933. The number of urea groups is 1. The second kappa shape index (κ2) is 9.49. The number of carbonyl (C=O) groups is 1. The molecule has 2 aliphatic heterocycles. The number of piperidine rings is 1. The molecule has 0 bridgehead atoms. The molecule has 2 heterocycles. The highest BCUT2D eigenvalue weighted by Gasteiger charge is 2.29. The van der Waals surface area contributed by atoms with Gasteiger partial charge in [-0.05, 0) is 70.8 Å². The Balaban J connectivity index is 1.37. The Kier molecular flexibility index (Phi) is 6.70. The number of halogens is 1. The Morgan fingerprint density at radius 3 is 2.31 bits per heavy atom. The maximum Gasteiger partial charge on any atom is 0.322 e. The van der Waals surface area contributed by atoms with Gasteiger partial charge in [0.1, 0.15) is 5.82 Å². The van der Waals surface area contributed by atoms with E-state index in [1.54, 1.807) is 6.07 Å². The summed E-state index contributed by atoms with van der Waals surface area (Å²) in [5.41, 5.74) is 2.73. The van der Waals surface area contributed by atoms with E-state index in [1.165, 1.54) is 6.07 Å². The molecule has 0 unspecified atom stereocenters. The van der Waals surface area contributed by atoms with Gasteiger partial charge in [0, 0.05) is 37.3 Å². The third-order valence-corrected chi connectivity index (χ3v) is 6.78. The van der Waals surface area contributed by atoms with Crippen molar-refractivity contribution in [1.29, 1.82) is 0 Å². The minimum absolute atomic E-state index is 0.0405. The van der Waals surface area contributed by atoms with Crippen molar-refractivity contribution in [2.24, 2.45) is 5.92 Å². The number of rotatable bonds is 4. The van der Waals surface area contributed by atoms with E-state index < -0.39 is 0 Å². The zero-order valence-electron chi connectivity index (χ0n) is 19.5. The van der Waals surface area contributed by atoms with Crippen molar-refractivity contribution < 1.29 is 9.18 Å². The molecule has 5 nitrogen and oxygen atoms in total. The van der Waals surface area contributed by atoms with Gasteiger partial charge in [0.2, 0.25) is 0 Å². The summed E-state index contributed by atoms with van der Waals surface area (Å²) in [6.45, 7) is 11.4. The summed E-state index contributed by atoms with van der Waals surface area (Å²) in [5, 5.41) is 3.18. The highest BCUT2D eigenvalue weighted by Crippen LogP contribution is 2.34. The summed E-state index contributed by atoms with van der Waals surface area (Å²) in [7, 11) is 0. The number of para-hydroxylation sites is 2. The lowest BCUT2D eigenvalue weighted by Crippen LogP contribution is -2.50. The molecule has 0 aromatic heterocycles. The molecular formula is C26H35FN4O. The number of nitrogens with one attached hydrogen (secondary N) is 1. The van der Waals surface area contributed by atoms with E-state index >= 15 is 0 Å². The maximum absolute atomic E-state index is 14.2. The fraction of sp³-hybridized carbons (Fsp3) is 0.500. The monoisotopic (exact) mass is 438 g/mol. The van der Waals surface area contributed by atoms with Gasteiger partial charge >= 0.3 is 6.03 Å². The average molecular weight is 439 g/mol. The Labute approximate surface area is 191 Å². The molecule has 2 aromatic carbocycles. The molecule has 4 rings (SSSR count). The van der Waals surface area contributed by atoms with Crippen molar-refractivity contribution in [2.45, 2.75) is 45.7 Å². The first-order chi connectivity index (χ1) is 15.3. The zero-order chi connectivity index (χ0) is 22.7. The number of anilines is 2. The van der Waals surface area contributed by atoms with E-state index in [1.807, 2.05) is 41.3 Å². The summed E-state index contributed by atoms with van der Waals surface area (Å²) in [6.07, 6.45) is 2.23. The van der Waals surface area contributed by atoms with Crippen molar-refractivity contribution in [3.63, 3.8) is 0 Å². The van der Waals surface area contributed by atoms with E-state index in [0.717, 1.165) is 37.3 Å². The predicted molar refractivity (Wildman–Crippen MR) is 129 cm³/mol. The first kappa shape index (κ1) is 22.6. The second-order valence-electron chi connectivity index (χ2n) is 9.94. The third-order valence-electron chi connectivity index (χ3n) is 6.78. The lowest BCUT2D eigenvalue weighted by atomic mass is 9.93.